The average Bonchev–Trinajstić information content (AvgIpc) is 3.21. The molecule has 9 nitrogen and oxygen atoms in total. The molecule has 3 amide bonds. The molecule has 0 saturated carbocycles. The average molecular weight is 560 g/mol. The highest BCUT2D eigenvalue weighted by molar-refractivity contribution is 6.74. The summed E-state index contributed by atoms with van der Waals surface area (Å²) in [6.07, 6.45) is -2.17. The minimum atomic E-state index is -2.14. The fourth-order valence-corrected chi connectivity index (χ4v) is 5.20. The highest BCUT2D eigenvalue weighted by Crippen LogP contribution is 2.37. The lowest BCUT2D eigenvalue weighted by Gasteiger charge is -2.38. The van der Waals surface area contributed by atoms with Crippen molar-refractivity contribution in [3.8, 4) is 11.8 Å². The molecule has 2 unspecified atom stereocenters. The molecule has 4 atom stereocenters. The van der Waals surface area contributed by atoms with Crippen LogP contribution >= 0.6 is 0 Å². The third-order valence-electron chi connectivity index (χ3n) is 7.56. The Morgan fingerprint density at radius 2 is 1.69 bits per heavy atom. The third-order valence-corrected chi connectivity index (χ3v) is 12.1. The van der Waals surface area contributed by atoms with Gasteiger partial charge in [-0.1, -0.05) is 59.6 Å². The standard InChI is InChI=1S/C29H45N3O6Si/c1-10-11-19-12-14-20(15-13-19)22(18-38-39(8,9)29(5,6)7)30-25(34)23-16-21(33)17-32(23)26(35)24(28(2,3)4)31-27(36)37/h12-15,21-24,31,33H,16-18H2,1-9H3,(H,30,34)(H,36,37)/t21-,22?,23+,24?/m1/s1. The molecule has 0 aromatic heterocycles. The Balaban J connectivity index is 2.35. The van der Waals surface area contributed by atoms with Gasteiger partial charge >= 0.3 is 6.09 Å². The monoisotopic (exact) mass is 559 g/mol. The second kappa shape index (κ2) is 12.5. The van der Waals surface area contributed by atoms with Crippen LogP contribution in [0, 0.1) is 17.3 Å². The zero-order valence-corrected chi connectivity index (χ0v) is 25.7. The highest BCUT2D eigenvalue weighted by atomic mass is 28.4. The minimum absolute atomic E-state index is 0.0278. The zero-order valence-electron chi connectivity index (χ0n) is 24.7. The lowest BCUT2D eigenvalue weighted by atomic mass is 9.85. The number of benzene rings is 1. The van der Waals surface area contributed by atoms with Gasteiger partial charge in [0, 0.05) is 18.5 Å². The van der Waals surface area contributed by atoms with E-state index in [9.17, 15) is 24.6 Å². The number of hydrogen-bond donors (Lipinski definition) is 4. The van der Waals surface area contributed by atoms with E-state index in [0.29, 0.717) is 0 Å². The van der Waals surface area contributed by atoms with Crippen LogP contribution in [0.5, 0.6) is 0 Å². The maximum absolute atomic E-state index is 13.7. The number of aliphatic hydroxyl groups is 1. The molecule has 2 rings (SSSR count). The molecule has 4 N–H and O–H groups in total. The summed E-state index contributed by atoms with van der Waals surface area (Å²) in [5.41, 5.74) is 0.943. The third kappa shape index (κ3) is 8.55. The summed E-state index contributed by atoms with van der Waals surface area (Å²) >= 11 is 0. The van der Waals surface area contributed by atoms with E-state index in [1.54, 1.807) is 27.7 Å². The van der Waals surface area contributed by atoms with Crippen LogP contribution < -0.4 is 10.6 Å². The lowest BCUT2D eigenvalue weighted by Crippen LogP contribution is -2.57. The molecule has 1 aliphatic heterocycles. The Bertz CT molecular complexity index is 1100. The molecule has 1 saturated heterocycles. The predicted octanol–water partition coefficient (Wildman–Crippen LogP) is 3.88. The summed E-state index contributed by atoms with van der Waals surface area (Å²) < 4.78 is 6.46. The molecule has 1 heterocycles. The first kappa shape index (κ1) is 32.3. The van der Waals surface area contributed by atoms with Crippen molar-refractivity contribution in [2.75, 3.05) is 13.2 Å². The van der Waals surface area contributed by atoms with E-state index in [4.69, 9.17) is 4.43 Å². The van der Waals surface area contributed by atoms with E-state index in [-0.39, 0.29) is 24.6 Å². The lowest BCUT2D eigenvalue weighted by molar-refractivity contribution is -0.142. The molecular formula is C29H45N3O6Si. The first-order valence-electron chi connectivity index (χ1n) is 13.3. The summed E-state index contributed by atoms with van der Waals surface area (Å²) in [4.78, 5) is 39.8. The largest absolute Gasteiger partial charge is 0.465 e. The van der Waals surface area contributed by atoms with E-state index >= 15 is 0 Å². The quantitative estimate of drug-likeness (QED) is 0.283. The van der Waals surface area contributed by atoms with E-state index in [1.165, 1.54) is 4.90 Å². The van der Waals surface area contributed by atoms with Crippen molar-refractivity contribution in [1.82, 2.24) is 15.5 Å². The Labute approximate surface area is 233 Å². The van der Waals surface area contributed by atoms with Crippen LogP contribution in [0.1, 0.15) is 72.1 Å². The number of hydrogen-bond acceptors (Lipinski definition) is 5. The highest BCUT2D eigenvalue weighted by Gasteiger charge is 2.45. The van der Waals surface area contributed by atoms with Crippen LogP contribution in [0.4, 0.5) is 4.79 Å². The van der Waals surface area contributed by atoms with Crippen LogP contribution in [0.15, 0.2) is 24.3 Å². The molecule has 0 bridgehead atoms. The predicted molar refractivity (Wildman–Crippen MR) is 154 cm³/mol. The number of nitrogens with one attached hydrogen (secondary N) is 2. The second-order valence-corrected chi connectivity index (χ2v) is 17.6. The van der Waals surface area contributed by atoms with Crippen molar-refractivity contribution < 1.29 is 29.0 Å². The summed E-state index contributed by atoms with van der Waals surface area (Å²) in [6.45, 7) is 17.9. The molecule has 216 valence electrons. The number of β-amino-alcohol motifs (C(OH)–C–C–N with tert-alkyl or cyclic N) is 1. The molecule has 0 spiro atoms. The number of aliphatic hydroxyl groups excluding tert-OH is 1. The minimum Gasteiger partial charge on any atom is -0.465 e. The Morgan fingerprint density at radius 3 is 2.18 bits per heavy atom. The Kier molecular flexibility index (Phi) is 10.4. The molecule has 1 aliphatic rings. The van der Waals surface area contributed by atoms with E-state index in [1.807, 2.05) is 24.3 Å². The van der Waals surface area contributed by atoms with Gasteiger partial charge < -0.3 is 30.2 Å². The van der Waals surface area contributed by atoms with Crippen LogP contribution in [0.2, 0.25) is 18.1 Å². The van der Waals surface area contributed by atoms with E-state index in [0.717, 1.165) is 11.1 Å². The van der Waals surface area contributed by atoms with Gasteiger partial charge in [-0.15, -0.1) is 5.92 Å². The van der Waals surface area contributed by atoms with E-state index in [2.05, 4.69) is 56.3 Å². The number of nitrogens with zero attached hydrogens (tertiary/aromatic N) is 1. The molecule has 0 aliphatic carbocycles. The SMILES string of the molecule is CC#Cc1ccc(C(CO[Si](C)(C)C(C)(C)C)NC(=O)[C@@H]2C[C@@H](O)CN2C(=O)C(NC(=O)O)C(C)(C)C)cc1. The fourth-order valence-electron chi connectivity index (χ4n) is 4.18. The van der Waals surface area contributed by atoms with Gasteiger partial charge in [-0.25, -0.2) is 4.79 Å². The van der Waals surface area contributed by atoms with Gasteiger partial charge in [0.1, 0.15) is 12.1 Å². The normalized spacial score (nSPS) is 19.5. The van der Waals surface area contributed by atoms with Crippen molar-refractivity contribution in [1.29, 1.82) is 0 Å². The molecule has 1 fully saturated rings. The Hall–Kier alpha value is -2.87. The van der Waals surface area contributed by atoms with Crippen molar-refractivity contribution in [2.24, 2.45) is 5.41 Å². The molecule has 1 aromatic rings. The molecule has 10 heteroatoms. The van der Waals surface area contributed by atoms with Crippen LogP contribution in [0.3, 0.4) is 0 Å². The Morgan fingerprint density at radius 1 is 1.10 bits per heavy atom. The number of amides is 3. The van der Waals surface area contributed by atoms with Gasteiger partial charge in [0.05, 0.1) is 18.8 Å². The van der Waals surface area contributed by atoms with Gasteiger partial charge in [-0.05, 0) is 48.2 Å². The van der Waals surface area contributed by atoms with Crippen molar-refractivity contribution in [3.63, 3.8) is 0 Å². The summed E-state index contributed by atoms with van der Waals surface area (Å²) in [5.74, 6) is 4.92. The second-order valence-electron chi connectivity index (χ2n) is 12.8. The zero-order chi connectivity index (χ0) is 29.8. The molecule has 1 aromatic carbocycles. The molecule has 0 radical (unpaired) electrons. The van der Waals surface area contributed by atoms with Gasteiger partial charge in [-0.3, -0.25) is 9.59 Å². The van der Waals surface area contributed by atoms with Crippen LogP contribution in [-0.4, -0.2) is 72.7 Å². The topological polar surface area (TPSA) is 128 Å². The van der Waals surface area contributed by atoms with E-state index < -0.39 is 55.9 Å². The smallest absolute Gasteiger partial charge is 0.405 e. The molecular weight excluding hydrogens is 514 g/mol. The van der Waals surface area contributed by atoms with Crippen LogP contribution in [0.25, 0.3) is 0 Å². The first-order valence-corrected chi connectivity index (χ1v) is 16.2. The number of carbonyl (C=O) groups excluding carboxylic acids is 2. The van der Waals surface area contributed by atoms with Crippen molar-refractivity contribution >= 4 is 26.2 Å². The summed E-state index contributed by atoms with van der Waals surface area (Å²) in [5, 5.41) is 25.1. The maximum atomic E-state index is 13.7. The number of rotatable bonds is 8. The number of carboxylic acid groups (broad SMARTS) is 1. The fraction of sp³-hybridized carbons (Fsp3) is 0.621. The van der Waals surface area contributed by atoms with Gasteiger partial charge in [0.25, 0.3) is 0 Å². The van der Waals surface area contributed by atoms with Crippen molar-refractivity contribution in [3.05, 3.63) is 35.4 Å². The van der Waals surface area contributed by atoms with Gasteiger partial charge in [-0.2, -0.15) is 0 Å². The van der Waals surface area contributed by atoms with Gasteiger partial charge in [0.15, 0.2) is 8.32 Å². The first-order chi connectivity index (χ1) is 17.9. The van der Waals surface area contributed by atoms with Gasteiger partial charge in [0.2, 0.25) is 11.8 Å². The van der Waals surface area contributed by atoms with Crippen LogP contribution in [-0.2, 0) is 14.0 Å². The summed E-state index contributed by atoms with van der Waals surface area (Å²) in [7, 11) is -2.14. The number of carbonyl (C=O) groups is 3. The molecule has 39 heavy (non-hydrogen) atoms. The van der Waals surface area contributed by atoms with Crippen molar-refractivity contribution in [2.45, 2.75) is 97.2 Å². The summed E-state index contributed by atoms with van der Waals surface area (Å²) in [6, 6.07) is 5.04. The number of likely N-dealkylation sites (tertiary alicyclic amines) is 1. The maximum Gasteiger partial charge on any atom is 0.405 e.